The highest BCUT2D eigenvalue weighted by molar-refractivity contribution is 5.46. The highest BCUT2D eigenvalue weighted by Gasteiger charge is 2.12. The molecule has 114 valence electrons. The third-order valence-electron chi connectivity index (χ3n) is 3.19. The summed E-state index contributed by atoms with van der Waals surface area (Å²) in [5.41, 5.74) is 1.13. The summed E-state index contributed by atoms with van der Waals surface area (Å²) in [5.74, 6) is 1.64. The van der Waals surface area contributed by atoms with E-state index in [1.165, 1.54) is 0 Å². The van der Waals surface area contributed by atoms with Crippen molar-refractivity contribution in [1.82, 2.24) is 5.32 Å². The van der Waals surface area contributed by atoms with E-state index in [2.05, 4.69) is 25.2 Å². The van der Waals surface area contributed by atoms with Crippen LogP contribution in [0.1, 0.15) is 32.3 Å². The Labute approximate surface area is 122 Å². The Morgan fingerprint density at radius 3 is 2.70 bits per heavy atom. The number of methoxy groups -OCH3 is 2. The summed E-state index contributed by atoms with van der Waals surface area (Å²) < 4.78 is 16.4. The number of ether oxygens (including phenoxy) is 3. The Morgan fingerprint density at radius 1 is 1.25 bits per heavy atom. The largest absolute Gasteiger partial charge is 0.493 e. The van der Waals surface area contributed by atoms with E-state index >= 15 is 0 Å². The molecule has 0 aliphatic rings. The van der Waals surface area contributed by atoms with Crippen molar-refractivity contribution in [1.29, 1.82) is 0 Å². The molecule has 0 aromatic heterocycles. The molecule has 0 saturated heterocycles. The van der Waals surface area contributed by atoms with Crippen LogP contribution in [0.25, 0.3) is 0 Å². The van der Waals surface area contributed by atoms with Crippen molar-refractivity contribution < 1.29 is 14.2 Å². The molecule has 0 aliphatic carbocycles. The summed E-state index contributed by atoms with van der Waals surface area (Å²) in [4.78, 5) is 0. The second kappa shape index (κ2) is 9.61. The first-order chi connectivity index (χ1) is 9.72. The SMILES string of the molecule is CCC(C)Oc1c(CNCCCOC)cccc1OC. The lowest BCUT2D eigenvalue weighted by Crippen LogP contribution is -2.18. The normalized spacial score (nSPS) is 12.2. The van der Waals surface area contributed by atoms with Crippen molar-refractivity contribution in [2.75, 3.05) is 27.4 Å². The number of para-hydroxylation sites is 1. The molecular formula is C16H27NO3. The maximum Gasteiger partial charge on any atom is 0.166 e. The topological polar surface area (TPSA) is 39.7 Å². The van der Waals surface area contributed by atoms with Gasteiger partial charge in [-0.15, -0.1) is 0 Å². The average molecular weight is 281 g/mol. The molecule has 0 heterocycles. The van der Waals surface area contributed by atoms with E-state index in [1.807, 2.05) is 12.1 Å². The van der Waals surface area contributed by atoms with Crippen molar-refractivity contribution in [3.8, 4) is 11.5 Å². The maximum absolute atomic E-state index is 6.01. The highest BCUT2D eigenvalue weighted by atomic mass is 16.5. The molecule has 20 heavy (non-hydrogen) atoms. The zero-order chi connectivity index (χ0) is 14.8. The van der Waals surface area contributed by atoms with Gasteiger partial charge >= 0.3 is 0 Å². The minimum absolute atomic E-state index is 0.179. The third kappa shape index (κ3) is 5.39. The number of benzene rings is 1. The second-order valence-electron chi connectivity index (χ2n) is 4.81. The van der Waals surface area contributed by atoms with E-state index < -0.39 is 0 Å². The van der Waals surface area contributed by atoms with Gasteiger partial charge in [0.25, 0.3) is 0 Å². The van der Waals surface area contributed by atoms with Gasteiger partial charge in [-0.05, 0) is 32.4 Å². The van der Waals surface area contributed by atoms with Crippen LogP contribution in [-0.2, 0) is 11.3 Å². The van der Waals surface area contributed by atoms with Crippen LogP contribution in [0.15, 0.2) is 18.2 Å². The summed E-state index contributed by atoms with van der Waals surface area (Å²) in [6.45, 7) is 6.66. The third-order valence-corrected chi connectivity index (χ3v) is 3.19. The number of hydrogen-bond donors (Lipinski definition) is 1. The lowest BCUT2D eigenvalue weighted by molar-refractivity contribution is 0.193. The molecule has 1 aromatic carbocycles. The Bertz CT molecular complexity index is 382. The Hall–Kier alpha value is -1.26. The van der Waals surface area contributed by atoms with Crippen LogP contribution in [0, 0.1) is 0 Å². The van der Waals surface area contributed by atoms with Gasteiger partial charge in [0, 0.05) is 25.8 Å². The maximum atomic E-state index is 6.01. The van der Waals surface area contributed by atoms with Crippen molar-refractivity contribution in [3.63, 3.8) is 0 Å². The van der Waals surface area contributed by atoms with Gasteiger partial charge in [-0.25, -0.2) is 0 Å². The molecule has 0 bridgehead atoms. The molecule has 1 unspecified atom stereocenters. The lowest BCUT2D eigenvalue weighted by atomic mass is 10.1. The zero-order valence-corrected chi connectivity index (χ0v) is 13.1. The summed E-state index contributed by atoms with van der Waals surface area (Å²) in [7, 11) is 3.40. The number of rotatable bonds is 10. The molecule has 4 nitrogen and oxygen atoms in total. The smallest absolute Gasteiger partial charge is 0.166 e. The highest BCUT2D eigenvalue weighted by Crippen LogP contribution is 2.32. The predicted molar refractivity (Wildman–Crippen MR) is 81.6 cm³/mol. The molecule has 4 heteroatoms. The summed E-state index contributed by atoms with van der Waals surface area (Å²) >= 11 is 0. The Morgan fingerprint density at radius 2 is 2.05 bits per heavy atom. The van der Waals surface area contributed by atoms with Crippen molar-refractivity contribution in [2.24, 2.45) is 0 Å². The molecule has 0 aliphatic heterocycles. The molecule has 1 rings (SSSR count). The summed E-state index contributed by atoms with van der Waals surface area (Å²) in [6.07, 6.45) is 2.15. The van der Waals surface area contributed by atoms with Gasteiger partial charge in [0.2, 0.25) is 0 Å². The molecule has 0 fully saturated rings. The number of nitrogens with one attached hydrogen (secondary N) is 1. The van der Waals surface area contributed by atoms with Gasteiger partial charge in [0.1, 0.15) is 0 Å². The van der Waals surface area contributed by atoms with Crippen molar-refractivity contribution >= 4 is 0 Å². The molecule has 0 spiro atoms. The van der Waals surface area contributed by atoms with E-state index in [0.717, 1.165) is 49.6 Å². The van der Waals surface area contributed by atoms with Crippen molar-refractivity contribution in [2.45, 2.75) is 39.3 Å². The van der Waals surface area contributed by atoms with Gasteiger partial charge in [0.05, 0.1) is 13.2 Å². The number of hydrogen-bond acceptors (Lipinski definition) is 4. The van der Waals surface area contributed by atoms with Crippen LogP contribution in [0.3, 0.4) is 0 Å². The van der Waals surface area contributed by atoms with Gasteiger partial charge in [-0.2, -0.15) is 0 Å². The molecule has 1 aromatic rings. The van der Waals surface area contributed by atoms with E-state index in [0.29, 0.717) is 0 Å². The molecule has 0 radical (unpaired) electrons. The van der Waals surface area contributed by atoms with Crippen LogP contribution in [-0.4, -0.2) is 33.5 Å². The van der Waals surface area contributed by atoms with Crippen LogP contribution >= 0.6 is 0 Å². The van der Waals surface area contributed by atoms with E-state index in [4.69, 9.17) is 14.2 Å². The minimum atomic E-state index is 0.179. The fourth-order valence-corrected chi connectivity index (χ4v) is 1.84. The van der Waals surface area contributed by atoms with Crippen LogP contribution in [0.4, 0.5) is 0 Å². The second-order valence-corrected chi connectivity index (χ2v) is 4.81. The van der Waals surface area contributed by atoms with E-state index in [9.17, 15) is 0 Å². The van der Waals surface area contributed by atoms with Crippen LogP contribution in [0.2, 0.25) is 0 Å². The molecule has 0 saturated carbocycles. The van der Waals surface area contributed by atoms with Crippen molar-refractivity contribution in [3.05, 3.63) is 23.8 Å². The van der Waals surface area contributed by atoms with Gasteiger partial charge in [0.15, 0.2) is 11.5 Å². The monoisotopic (exact) mass is 281 g/mol. The zero-order valence-electron chi connectivity index (χ0n) is 13.1. The standard InChI is InChI=1S/C16H27NO3/c1-5-13(2)20-16-14(8-6-9-15(16)19-4)12-17-10-7-11-18-3/h6,8-9,13,17H,5,7,10-12H2,1-4H3. The molecule has 1 atom stereocenters. The van der Waals surface area contributed by atoms with E-state index in [1.54, 1.807) is 14.2 Å². The lowest BCUT2D eigenvalue weighted by Gasteiger charge is -2.19. The van der Waals surface area contributed by atoms with Crippen LogP contribution in [0.5, 0.6) is 11.5 Å². The Balaban J connectivity index is 2.67. The summed E-state index contributed by atoms with van der Waals surface area (Å²) in [6, 6.07) is 6.00. The summed E-state index contributed by atoms with van der Waals surface area (Å²) in [5, 5.41) is 3.40. The fourth-order valence-electron chi connectivity index (χ4n) is 1.84. The first-order valence-electron chi connectivity index (χ1n) is 7.25. The quantitative estimate of drug-likeness (QED) is 0.669. The van der Waals surface area contributed by atoms with E-state index in [-0.39, 0.29) is 6.10 Å². The fraction of sp³-hybridized carbons (Fsp3) is 0.625. The molecule has 0 amide bonds. The first kappa shape index (κ1) is 16.8. The van der Waals surface area contributed by atoms with Gasteiger partial charge < -0.3 is 19.5 Å². The molecular weight excluding hydrogens is 254 g/mol. The minimum Gasteiger partial charge on any atom is -0.493 e. The van der Waals surface area contributed by atoms with Crippen LogP contribution < -0.4 is 14.8 Å². The predicted octanol–water partition coefficient (Wildman–Crippen LogP) is 3.00. The first-order valence-corrected chi connectivity index (χ1v) is 7.25. The molecule has 1 N–H and O–H groups in total. The van der Waals surface area contributed by atoms with Gasteiger partial charge in [-0.1, -0.05) is 19.1 Å². The Kier molecular flexibility index (Phi) is 8.07. The van der Waals surface area contributed by atoms with Gasteiger partial charge in [-0.3, -0.25) is 0 Å². The average Bonchev–Trinajstić information content (AvgIpc) is 2.48.